The van der Waals surface area contributed by atoms with Crippen LogP contribution in [0.1, 0.15) is 60.0 Å². The van der Waals surface area contributed by atoms with Gasteiger partial charge in [-0.1, -0.05) is 25.8 Å². The van der Waals surface area contributed by atoms with E-state index in [1.165, 1.54) is 0 Å². The van der Waals surface area contributed by atoms with Crippen molar-refractivity contribution in [1.29, 1.82) is 0 Å². The summed E-state index contributed by atoms with van der Waals surface area (Å²) in [5.74, 6) is 2.57. The first kappa shape index (κ1) is 21.7. The van der Waals surface area contributed by atoms with Gasteiger partial charge < -0.3 is 24.1 Å². The number of carbonyl (C=O) groups is 2. The molecule has 0 aliphatic carbocycles. The number of hydrogen-bond donors (Lipinski definition) is 1. The number of carbonyl (C=O) groups excluding carboxylic acids is 2. The first-order valence-electron chi connectivity index (χ1n) is 10.5. The molecule has 2 heterocycles. The maximum Gasteiger partial charge on any atom is 0.257 e. The van der Waals surface area contributed by atoms with Crippen LogP contribution >= 0.6 is 0 Å². The summed E-state index contributed by atoms with van der Waals surface area (Å²) in [5, 5.41) is 2.92. The van der Waals surface area contributed by atoms with E-state index in [0.29, 0.717) is 42.5 Å². The van der Waals surface area contributed by atoms with E-state index in [1.54, 1.807) is 17.9 Å². The Labute approximate surface area is 177 Å². The fourth-order valence-electron chi connectivity index (χ4n) is 3.46. The highest BCUT2D eigenvalue weighted by Crippen LogP contribution is 2.32. The van der Waals surface area contributed by atoms with Crippen molar-refractivity contribution in [2.45, 2.75) is 53.0 Å². The number of amides is 2. The Hall–Kier alpha value is -2.96. The summed E-state index contributed by atoms with van der Waals surface area (Å²) in [4.78, 5) is 27.1. The summed E-state index contributed by atoms with van der Waals surface area (Å²) >= 11 is 0. The van der Waals surface area contributed by atoms with Crippen LogP contribution in [0.3, 0.4) is 0 Å². The Kier molecular flexibility index (Phi) is 7.38. The van der Waals surface area contributed by atoms with E-state index in [0.717, 1.165) is 30.6 Å². The molecule has 2 amide bonds. The zero-order chi connectivity index (χ0) is 21.5. The predicted molar refractivity (Wildman–Crippen MR) is 113 cm³/mol. The maximum atomic E-state index is 13.0. The van der Waals surface area contributed by atoms with Crippen molar-refractivity contribution in [3.8, 4) is 11.5 Å². The molecule has 7 nitrogen and oxygen atoms in total. The predicted octanol–water partition coefficient (Wildman–Crippen LogP) is 3.96. The number of benzene rings is 1. The monoisotopic (exact) mass is 414 g/mol. The molecule has 1 N–H and O–H groups in total. The minimum atomic E-state index is -0.0962. The molecule has 0 saturated carbocycles. The zero-order valence-corrected chi connectivity index (χ0v) is 18.0. The smallest absolute Gasteiger partial charge is 0.257 e. The van der Waals surface area contributed by atoms with Gasteiger partial charge >= 0.3 is 0 Å². The van der Waals surface area contributed by atoms with Crippen LogP contribution in [0.2, 0.25) is 0 Å². The van der Waals surface area contributed by atoms with Gasteiger partial charge in [0.05, 0.1) is 5.56 Å². The van der Waals surface area contributed by atoms with Crippen LogP contribution in [0.25, 0.3) is 0 Å². The molecule has 0 bridgehead atoms. The first-order chi connectivity index (χ1) is 14.5. The van der Waals surface area contributed by atoms with Crippen molar-refractivity contribution in [2.24, 2.45) is 0 Å². The lowest BCUT2D eigenvalue weighted by atomic mass is 10.1. The van der Waals surface area contributed by atoms with E-state index in [-0.39, 0.29) is 25.0 Å². The summed E-state index contributed by atoms with van der Waals surface area (Å²) in [6.45, 7) is 7.38. The molecular formula is C23H30N2O5. The zero-order valence-electron chi connectivity index (χ0n) is 18.0. The molecule has 2 aromatic rings. The average molecular weight is 415 g/mol. The summed E-state index contributed by atoms with van der Waals surface area (Å²) in [6, 6.07) is 7.38. The highest BCUT2D eigenvalue weighted by Gasteiger charge is 2.21. The van der Waals surface area contributed by atoms with Crippen LogP contribution < -0.4 is 14.8 Å². The number of ether oxygens (including phenoxy) is 2. The standard InChI is InChI=1S/C23H30N2O5/c1-4-5-6-10-25(23(27)19-12-16(2)30-17(19)3)11-9-22(26)24-14-18-7-8-20-21(13-18)29-15-28-20/h7-8,12-13H,4-6,9-11,14-15H2,1-3H3,(H,24,26). The van der Waals surface area contributed by atoms with Crippen LogP contribution in [0.15, 0.2) is 28.7 Å². The molecule has 0 fully saturated rings. The number of rotatable bonds is 10. The molecule has 0 unspecified atom stereocenters. The second-order valence-corrected chi connectivity index (χ2v) is 7.54. The van der Waals surface area contributed by atoms with E-state index in [4.69, 9.17) is 13.9 Å². The number of aryl methyl sites for hydroxylation is 2. The third-order valence-corrected chi connectivity index (χ3v) is 5.13. The number of hydrogen-bond acceptors (Lipinski definition) is 5. The van der Waals surface area contributed by atoms with Crippen molar-refractivity contribution in [3.05, 3.63) is 46.9 Å². The van der Waals surface area contributed by atoms with Gasteiger partial charge in [-0.3, -0.25) is 9.59 Å². The second kappa shape index (κ2) is 10.2. The van der Waals surface area contributed by atoms with Crippen LogP contribution in [-0.4, -0.2) is 36.6 Å². The van der Waals surface area contributed by atoms with E-state index in [2.05, 4.69) is 12.2 Å². The average Bonchev–Trinajstić information content (AvgIpc) is 3.33. The Morgan fingerprint density at radius 2 is 1.87 bits per heavy atom. The quantitative estimate of drug-likeness (QED) is 0.595. The minimum Gasteiger partial charge on any atom is -0.466 e. The van der Waals surface area contributed by atoms with Crippen LogP contribution in [0.5, 0.6) is 11.5 Å². The van der Waals surface area contributed by atoms with Crippen LogP contribution in [0.4, 0.5) is 0 Å². The summed E-state index contributed by atoms with van der Waals surface area (Å²) < 4.78 is 16.2. The van der Waals surface area contributed by atoms with Gasteiger partial charge in [0, 0.05) is 26.1 Å². The fourth-order valence-corrected chi connectivity index (χ4v) is 3.46. The highest BCUT2D eigenvalue weighted by atomic mass is 16.7. The van der Waals surface area contributed by atoms with Gasteiger partial charge in [0.15, 0.2) is 11.5 Å². The van der Waals surface area contributed by atoms with Crippen molar-refractivity contribution in [3.63, 3.8) is 0 Å². The topological polar surface area (TPSA) is 81.0 Å². The molecular weight excluding hydrogens is 384 g/mol. The number of furan rings is 1. The summed E-state index contributed by atoms with van der Waals surface area (Å²) in [7, 11) is 0. The van der Waals surface area contributed by atoms with Crippen molar-refractivity contribution >= 4 is 11.8 Å². The Morgan fingerprint density at radius 3 is 2.60 bits per heavy atom. The normalized spacial score (nSPS) is 12.1. The van der Waals surface area contributed by atoms with E-state index in [9.17, 15) is 9.59 Å². The second-order valence-electron chi connectivity index (χ2n) is 7.54. The fraction of sp³-hybridized carbons (Fsp3) is 0.478. The van der Waals surface area contributed by atoms with Crippen LogP contribution in [0, 0.1) is 13.8 Å². The molecule has 3 rings (SSSR count). The molecule has 0 saturated heterocycles. The van der Waals surface area contributed by atoms with Gasteiger partial charge in [-0.15, -0.1) is 0 Å². The molecule has 7 heteroatoms. The van der Waals surface area contributed by atoms with Gasteiger partial charge in [0.25, 0.3) is 5.91 Å². The Balaban J connectivity index is 1.54. The third kappa shape index (κ3) is 5.55. The summed E-state index contributed by atoms with van der Waals surface area (Å²) in [6.07, 6.45) is 3.28. The van der Waals surface area contributed by atoms with E-state index in [1.807, 2.05) is 25.1 Å². The molecule has 30 heavy (non-hydrogen) atoms. The largest absolute Gasteiger partial charge is 0.466 e. The maximum absolute atomic E-state index is 13.0. The Morgan fingerprint density at radius 1 is 1.07 bits per heavy atom. The number of fused-ring (bicyclic) bond motifs is 1. The molecule has 1 aliphatic rings. The molecule has 0 atom stereocenters. The lowest BCUT2D eigenvalue weighted by Crippen LogP contribution is -2.36. The lowest BCUT2D eigenvalue weighted by molar-refractivity contribution is -0.121. The third-order valence-electron chi connectivity index (χ3n) is 5.13. The number of nitrogens with one attached hydrogen (secondary N) is 1. The van der Waals surface area contributed by atoms with Crippen molar-refractivity contribution < 1.29 is 23.5 Å². The van der Waals surface area contributed by atoms with Gasteiger partial charge in [0.1, 0.15) is 11.5 Å². The van der Waals surface area contributed by atoms with E-state index >= 15 is 0 Å². The van der Waals surface area contributed by atoms with Gasteiger partial charge in [-0.25, -0.2) is 0 Å². The SMILES string of the molecule is CCCCCN(CCC(=O)NCc1ccc2c(c1)OCO2)C(=O)c1cc(C)oc1C. The van der Waals surface area contributed by atoms with Crippen molar-refractivity contribution in [2.75, 3.05) is 19.9 Å². The molecule has 0 spiro atoms. The highest BCUT2D eigenvalue weighted by molar-refractivity contribution is 5.95. The first-order valence-corrected chi connectivity index (χ1v) is 10.5. The minimum absolute atomic E-state index is 0.0796. The van der Waals surface area contributed by atoms with Gasteiger partial charge in [-0.05, 0) is 44.0 Å². The molecule has 0 radical (unpaired) electrons. The lowest BCUT2D eigenvalue weighted by Gasteiger charge is -2.22. The molecule has 1 aliphatic heterocycles. The number of unbranched alkanes of at least 4 members (excludes halogenated alkanes) is 2. The summed E-state index contributed by atoms with van der Waals surface area (Å²) in [5.41, 5.74) is 1.51. The molecule has 1 aromatic carbocycles. The molecule has 162 valence electrons. The van der Waals surface area contributed by atoms with E-state index < -0.39 is 0 Å². The molecule has 1 aromatic heterocycles. The van der Waals surface area contributed by atoms with Gasteiger partial charge in [0.2, 0.25) is 12.7 Å². The van der Waals surface area contributed by atoms with Gasteiger partial charge in [-0.2, -0.15) is 0 Å². The Bertz CT molecular complexity index is 890. The van der Waals surface area contributed by atoms with Crippen molar-refractivity contribution in [1.82, 2.24) is 10.2 Å². The number of nitrogens with zero attached hydrogens (tertiary/aromatic N) is 1. The van der Waals surface area contributed by atoms with Crippen LogP contribution in [-0.2, 0) is 11.3 Å².